The number of aliphatic carboxylic acids is 1. The van der Waals surface area contributed by atoms with E-state index in [1.54, 1.807) is 24.3 Å². The van der Waals surface area contributed by atoms with E-state index in [4.69, 9.17) is 21.8 Å². The van der Waals surface area contributed by atoms with Crippen molar-refractivity contribution in [2.24, 2.45) is 0 Å². The second kappa shape index (κ2) is 12.9. The highest BCUT2D eigenvalue weighted by Gasteiger charge is 2.31. The fourth-order valence-corrected chi connectivity index (χ4v) is 4.44. The normalized spacial score (nSPS) is 12.1. The van der Waals surface area contributed by atoms with Crippen LogP contribution in [0.5, 0.6) is 5.75 Å². The van der Waals surface area contributed by atoms with E-state index in [-0.39, 0.29) is 30.5 Å². The van der Waals surface area contributed by atoms with Gasteiger partial charge in [0.25, 0.3) is 5.91 Å². The average molecular weight is 586 g/mol. The highest BCUT2D eigenvalue weighted by atomic mass is 35.5. The maximum absolute atomic E-state index is 12.6. The summed E-state index contributed by atoms with van der Waals surface area (Å²) in [5, 5.41) is 16.1. The summed E-state index contributed by atoms with van der Waals surface area (Å²) in [6.07, 6.45) is -4.95. The van der Waals surface area contributed by atoms with Gasteiger partial charge in [-0.2, -0.15) is 5.10 Å². The fraction of sp³-hybridized carbons (Fsp3) is 0.233. The zero-order valence-electron chi connectivity index (χ0n) is 22.0. The van der Waals surface area contributed by atoms with Gasteiger partial charge in [0.05, 0.1) is 18.7 Å². The molecule has 0 aliphatic carbocycles. The third-order valence-corrected chi connectivity index (χ3v) is 6.75. The molecular formula is C30H27ClF3N3O4. The van der Waals surface area contributed by atoms with Crippen LogP contribution in [-0.2, 0) is 17.2 Å². The van der Waals surface area contributed by atoms with Gasteiger partial charge in [0.2, 0.25) is 0 Å². The topological polar surface area (TPSA) is 93.5 Å². The smallest absolute Gasteiger partial charge is 0.481 e. The Balaban J connectivity index is 1.60. The van der Waals surface area contributed by atoms with Crippen molar-refractivity contribution < 1.29 is 32.6 Å². The zero-order valence-corrected chi connectivity index (χ0v) is 22.7. The number of rotatable bonds is 11. The van der Waals surface area contributed by atoms with Gasteiger partial charge in [0.15, 0.2) is 0 Å². The number of halogens is 4. The molecular weight excluding hydrogens is 559 g/mol. The Bertz CT molecular complexity index is 1490. The first-order valence-electron chi connectivity index (χ1n) is 12.7. The molecule has 0 aliphatic heterocycles. The van der Waals surface area contributed by atoms with Crippen LogP contribution < -0.4 is 10.1 Å². The second-order valence-electron chi connectivity index (χ2n) is 9.38. The predicted octanol–water partition coefficient (Wildman–Crippen LogP) is 6.59. The molecule has 0 fully saturated rings. The summed E-state index contributed by atoms with van der Waals surface area (Å²) in [7, 11) is 0. The summed E-state index contributed by atoms with van der Waals surface area (Å²) in [5.41, 5.74) is 5.37. The van der Waals surface area contributed by atoms with E-state index >= 15 is 0 Å². The summed E-state index contributed by atoms with van der Waals surface area (Å²) >= 11 is 5.94. The van der Waals surface area contributed by atoms with Crippen molar-refractivity contribution in [2.75, 3.05) is 6.54 Å². The number of nitrogens with zero attached hydrogens (tertiary/aromatic N) is 2. The predicted molar refractivity (Wildman–Crippen MR) is 148 cm³/mol. The molecule has 11 heteroatoms. The van der Waals surface area contributed by atoms with E-state index in [1.807, 2.05) is 41.9 Å². The first-order valence-corrected chi connectivity index (χ1v) is 13.2. The molecule has 41 heavy (non-hydrogen) atoms. The van der Waals surface area contributed by atoms with E-state index < -0.39 is 12.3 Å². The van der Waals surface area contributed by atoms with Crippen molar-refractivity contribution in [3.63, 3.8) is 0 Å². The number of carbonyl (C=O) groups is 2. The molecule has 0 radical (unpaired) electrons. The van der Waals surface area contributed by atoms with Crippen molar-refractivity contribution in [1.82, 2.24) is 15.1 Å². The Morgan fingerprint density at radius 3 is 2.22 bits per heavy atom. The Hall–Kier alpha value is -4.31. The molecule has 0 aliphatic rings. The number of carboxylic acids is 1. The first-order chi connectivity index (χ1) is 19.5. The van der Waals surface area contributed by atoms with Gasteiger partial charge in [-0.05, 0) is 59.2 Å². The zero-order chi connectivity index (χ0) is 29.6. The highest BCUT2D eigenvalue weighted by molar-refractivity contribution is 6.17. The van der Waals surface area contributed by atoms with Crippen LogP contribution in [0.1, 0.15) is 52.0 Å². The van der Waals surface area contributed by atoms with Gasteiger partial charge in [-0.25, -0.2) is 0 Å². The molecule has 7 nitrogen and oxygen atoms in total. The average Bonchev–Trinajstić information content (AvgIpc) is 3.36. The number of alkyl halides is 4. The van der Waals surface area contributed by atoms with Gasteiger partial charge >= 0.3 is 12.3 Å². The lowest BCUT2D eigenvalue weighted by molar-refractivity contribution is -0.274. The van der Waals surface area contributed by atoms with Crippen molar-refractivity contribution in [2.45, 2.75) is 38.0 Å². The van der Waals surface area contributed by atoms with Gasteiger partial charge in [0, 0.05) is 35.2 Å². The Morgan fingerprint density at radius 2 is 1.63 bits per heavy atom. The molecule has 1 unspecified atom stereocenters. The molecule has 0 saturated heterocycles. The van der Waals surface area contributed by atoms with Gasteiger partial charge in [0.1, 0.15) is 5.75 Å². The van der Waals surface area contributed by atoms with Gasteiger partial charge < -0.3 is 15.2 Å². The van der Waals surface area contributed by atoms with Crippen molar-refractivity contribution in [3.05, 3.63) is 107 Å². The molecule has 4 aromatic rings. The van der Waals surface area contributed by atoms with Crippen molar-refractivity contribution in [1.29, 1.82) is 0 Å². The molecule has 214 valence electrons. The molecule has 1 aromatic heterocycles. The van der Waals surface area contributed by atoms with Crippen molar-refractivity contribution >= 4 is 23.5 Å². The maximum Gasteiger partial charge on any atom is 0.573 e. The van der Waals surface area contributed by atoms with E-state index in [2.05, 4.69) is 10.1 Å². The lowest BCUT2D eigenvalue weighted by Gasteiger charge is -2.15. The number of hydrogen-bond acceptors (Lipinski definition) is 4. The summed E-state index contributed by atoms with van der Waals surface area (Å²) in [4.78, 5) is 23.0. The van der Waals surface area contributed by atoms with E-state index in [1.165, 1.54) is 24.3 Å². The Labute approximate surface area is 239 Å². The minimum Gasteiger partial charge on any atom is -0.481 e. The number of ether oxygens (including phenoxy) is 1. The fourth-order valence-electron chi connectivity index (χ4n) is 4.26. The number of aromatic nitrogens is 2. The SMILES string of the molecule is CC(c1ccc(CCl)cc1)c1cc(-c2ccc(OC(F)(F)F)cc2)nn1Cc1ccc(C(=O)NCCC(=O)O)cc1. The van der Waals surface area contributed by atoms with E-state index in [0.717, 1.165) is 22.4 Å². The van der Waals surface area contributed by atoms with Crippen LogP contribution in [0.2, 0.25) is 0 Å². The van der Waals surface area contributed by atoms with Crippen LogP contribution in [0.3, 0.4) is 0 Å². The van der Waals surface area contributed by atoms with Crippen LogP contribution in [0, 0.1) is 0 Å². The molecule has 3 aromatic carbocycles. The van der Waals surface area contributed by atoms with Gasteiger partial charge in [-0.1, -0.05) is 43.3 Å². The molecule has 1 amide bonds. The Kier molecular flexibility index (Phi) is 9.34. The monoisotopic (exact) mass is 585 g/mol. The lowest BCUT2D eigenvalue weighted by Crippen LogP contribution is -2.25. The molecule has 2 N–H and O–H groups in total. The molecule has 1 heterocycles. The summed E-state index contributed by atoms with van der Waals surface area (Å²) in [5.74, 6) is -1.36. The summed E-state index contributed by atoms with van der Waals surface area (Å²) in [6.45, 7) is 2.44. The lowest BCUT2D eigenvalue weighted by atomic mass is 9.96. The number of benzene rings is 3. The van der Waals surface area contributed by atoms with E-state index in [9.17, 15) is 22.8 Å². The number of nitrogens with one attached hydrogen (secondary N) is 1. The molecule has 1 atom stereocenters. The number of amides is 1. The van der Waals surface area contributed by atoms with Crippen LogP contribution in [0.15, 0.2) is 78.9 Å². The summed E-state index contributed by atoms with van der Waals surface area (Å²) in [6, 6.07) is 22.3. The van der Waals surface area contributed by atoms with Crippen LogP contribution >= 0.6 is 11.6 Å². The quantitative estimate of drug-likeness (QED) is 0.194. The van der Waals surface area contributed by atoms with Crippen LogP contribution in [-0.4, -0.2) is 39.7 Å². The highest BCUT2D eigenvalue weighted by Crippen LogP contribution is 2.31. The van der Waals surface area contributed by atoms with Crippen LogP contribution in [0.25, 0.3) is 11.3 Å². The van der Waals surface area contributed by atoms with Crippen molar-refractivity contribution in [3.8, 4) is 17.0 Å². The van der Waals surface area contributed by atoms with E-state index in [0.29, 0.717) is 29.2 Å². The molecule has 0 spiro atoms. The molecule has 4 rings (SSSR count). The van der Waals surface area contributed by atoms with Gasteiger partial charge in [-0.3, -0.25) is 14.3 Å². The minimum absolute atomic E-state index is 0.0302. The second-order valence-corrected chi connectivity index (χ2v) is 9.64. The standard InChI is InChI=1S/C30H27ClF3N3O4/c1-19(22-6-2-20(17-31)3-7-22)27-16-26(23-10-12-25(13-11-23)41-30(32,33)34)36-37(27)18-21-4-8-24(9-5-21)29(40)35-15-14-28(38)39/h2-13,16,19H,14-15,17-18H2,1H3,(H,35,40)(H,38,39). The Morgan fingerprint density at radius 1 is 1.00 bits per heavy atom. The summed E-state index contributed by atoms with van der Waals surface area (Å²) < 4.78 is 43.6. The largest absolute Gasteiger partial charge is 0.573 e. The molecule has 0 bridgehead atoms. The van der Waals surface area contributed by atoms with Crippen LogP contribution in [0.4, 0.5) is 13.2 Å². The minimum atomic E-state index is -4.78. The third kappa shape index (κ3) is 8.11. The number of carbonyl (C=O) groups excluding carboxylic acids is 1. The van der Waals surface area contributed by atoms with Gasteiger partial charge in [-0.15, -0.1) is 24.8 Å². The maximum atomic E-state index is 12.6. The number of carboxylic acid groups (broad SMARTS) is 1. The number of hydrogen-bond donors (Lipinski definition) is 2. The molecule has 0 saturated carbocycles. The third-order valence-electron chi connectivity index (χ3n) is 6.45. The first kappa shape index (κ1) is 29.7.